The van der Waals surface area contributed by atoms with Crippen LogP contribution < -0.4 is 16.0 Å². The van der Waals surface area contributed by atoms with Gasteiger partial charge in [0.15, 0.2) is 0 Å². The van der Waals surface area contributed by atoms with Crippen molar-refractivity contribution >= 4 is 11.8 Å². The van der Waals surface area contributed by atoms with E-state index in [0.717, 1.165) is 12.8 Å². The monoisotopic (exact) mass is 213 g/mol. The van der Waals surface area contributed by atoms with Gasteiger partial charge in [0.05, 0.1) is 13.1 Å². The number of nitrogens with one attached hydrogen (secondary N) is 3. The van der Waals surface area contributed by atoms with Crippen LogP contribution in [0.5, 0.6) is 0 Å². The van der Waals surface area contributed by atoms with Gasteiger partial charge in [0.2, 0.25) is 11.8 Å². The van der Waals surface area contributed by atoms with Gasteiger partial charge < -0.3 is 16.0 Å². The first-order valence-corrected chi connectivity index (χ1v) is 5.37. The maximum absolute atomic E-state index is 11.2. The van der Waals surface area contributed by atoms with Crippen LogP contribution in [0.4, 0.5) is 0 Å². The molecule has 15 heavy (non-hydrogen) atoms. The zero-order valence-electron chi connectivity index (χ0n) is 9.30. The second-order valence-electron chi connectivity index (χ2n) is 4.15. The first-order valence-electron chi connectivity index (χ1n) is 5.37. The van der Waals surface area contributed by atoms with Gasteiger partial charge in [-0.05, 0) is 12.8 Å². The third-order valence-electron chi connectivity index (χ3n) is 2.06. The lowest BCUT2D eigenvalue weighted by Crippen LogP contribution is -2.42. The molecule has 0 aliphatic heterocycles. The van der Waals surface area contributed by atoms with Gasteiger partial charge in [-0.3, -0.25) is 9.59 Å². The van der Waals surface area contributed by atoms with E-state index in [1.165, 1.54) is 0 Å². The van der Waals surface area contributed by atoms with Crippen molar-refractivity contribution in [3.63, 3.8) is 0 Å². The second-order valence-corrected chi connectivity index (χ2v) is 4.15. The van der Waals surface area contributed by atoms with E-state index in [1.807, 2.05) is 13.8 Å². The minimum atomic E-state index is -0.144. The fourth-order valence-corrected chi connectivity index (χ4v) is 1.04. The van der Waals surface area contributed by atoms with Crippen molar-refractivity contribution in [3.8, 4) is 0 Å². The molecule has 0 atom stereocenters. The number of amides is 2. The Morgan fingerprint density at radius 2 is 1.87 bits per heavy atom. The fourth-order valence-electron chi connectivity index (χ4n) is 1.04. The highest BCUT2D eigenvalue weighted by molar-refractivity contribution is 5.85. The lowest BCUT2D eigenvalue weighted by molar-refractivity contribution is -0.125. The summed E-state index contributed by atoms with van der Waals surface area (Å²) in [6.45, 7) is 4.27. The van der Waals surface area contributed by atoms with Crippen molar-refractivity contribution in [2.45, 2.75) is 38.8 Å². The summed E-state index contributed by atoms with van der Waals surface area (Å²) < 4.78 is 0. The molecule has 3 N–H and O–H groups in total. The van der Waals surface area contributed by atoms with Crippen molar-refractivity contribution in [2.24, 2.45) is 0 Å². The third kappa shape index (κ3) is 6.06. The molecule has 1 rings (SSSR count). The topological polar surface area (TPSA) is 70.2 Å². The summed E-state index contributed by atoms with van der Waals surface area (Å²) in [4.78, 5) is 22.4. The lowest BCUT2D eigenvalue weighted by atomic mass is 10.4. The highest BCUT2D eigenvalue weighted by atomic mass is 16.2. The summed E-state index contributed by atoms with van der Waals surface area (Å²) in [5.74, 6) is -0.245. The van der Waals surface area contributed by atoms with E-state index in [-0.39, 0.29) is 30.9 Å². The van der Waals surface area contributed by atoms with E-state index in [0.29, 0.717) is 6.04 Å². The normalized spacial score (nSPS) is 15.1. The molecule has 5 heteroatoms. The third-order valence-corrected chi connectivity index (χ3v) is 2.06. The Morgan fingerprint density at radius 1 is 1.20 bits per heavy atom. The van der Waals surface area contributed by atoms with Gasteiger partial charge >= 0.3 is 0 Å². The predicted molar refractivity (Wildman–Crippen MR) is 57.3 cm³/mol. The van der Waals surface area contributed by atoms with Crippen LogP contribution in [0.25, 0.3) is 0 Å². The van der Waals surface area contributed by atoms with Crippen LogP contribution in [0.3, 0.4) is 0 Å². The van der Waals surface area contributed by atoms with Gasteiger partial charge in [0.25, 0.3) is 0 Å². The first-order chi connectivity index (χ1) is 7.08. The van der Waals surface area contributed by atoms with Gasteiger partial charge in [-0.15, -0.1) is 0 Å². The number of hydrogen-bond acceptors (Lipinski definition) is 3. The summed E-state index contributed by atoms with van der Waals surface area (Å²) in [7, 11) is 0. The summed E-state index contributed by atoms with van der Waals surface area (Å²) in [5, 5.41) is 8.34. The second kappa shape index (κ2) is 5.70. The molecule has 1 fully saturated rings. The van der Waals surface area contributed by atoms with Crippen molar-refractivity contribution < 1.29 is 9.59 Å². The maximum atomic E-state index is 11.2. The van der Waals surface area contributed by atoms with Gasteiger partial charge in [0, 0.05) is 12.1 Å². The van der Waals surface area contributed by atoms with Crippen LogP contribution >= 0.6 is 0 Å². The predicted octanol–water partition coefficient (Wildman–Crippen LogP) is -0.621. The molecule has 0 spiro atoms. The Hall–Kier alpha value is -1.10. The van der Waals surface area contributed by atoms with Gasteiger partial charge in [-0.1, -0.05) is 13.8 Å². The van der Waals surface area contributed by atoms with Crippen molar-refractivity contribution in [1.82, 2.24) is 16.0 Å². The SMILES string of the molecule is CC(C)NCC(=O)NCC(=O)NC1CC1. The molecule has 0 bridgehead atoms. The number of carbonyl (C=O) groups excluding carboxylic acids is 2. The molecule has 5 nitrogen and oxygen atoms in total. The van der Waals surface area contributed by atoms with E-state index in [4.69, 9.17) is 0 Å². The zero-order valence-corrected chi connectivity index (χ0v) is 9.30. The van der Waals surface area contributed by atoms with Crippen LogP contribution in [-0.4, -0.2) is 37.0 Å². The minimum Gasteiger partial charge on any atom is -0.352 e. The summed E-state index contributed by atoms with van der Waals surface area (Å²) in [6, 6.07) is 0.624. The molecular weight excluding hydrogens is 194 g/mol. The molecule has 0 heterocycles. The zero-order chi connectivity index (χ0) is 11.3. The minimum absolute atomic E-state index is 0.0785. The van der Waals surface area contributed by atoms with Crippen molar-refractivity contribution in [1.29, 1.82) is 0 Å². The molecule has 0 aromatic heterocycles. The van der Waals surface area contributed by atoms with E-state index < -0.39 is 0 Å². The van der Waals surface area contributed by atoms with Crippen LogP contribution in [0.1, 0.15) is 26.7 Å². The molecule has 0 saturated heterocycles. The lowest BCUT2D eigenvalue weighted by Gasteiger charge is -2.08. The quantitative estimate of drug-likeness (QED) is 0.550. The molecule has 0 radical (unpaired) electrons. The van der Waals surface area contributed by atoms with Gasteiger partial charge in [0.1, 0.15) is 0 Å². The maximum Gasteiger partial charge on any atom is 0.239 e. The highest BCUT2D eigenvalue weighted by Crippen LogP contribution is 2.17. The Morgan fingerprint density at radius 3 is 2.40 bits per heavy atom. The Kier molecular flexibility index (Phi) is 4.55. The van der Waals surface area contributed by atoms with Gasteiger partial charge in [-0.25, -0.2) is 0 Å². The molecule has 1 saturated carbocycles. The van der Waals surface area contributed by atoms with Crippen molar-refractivity contribution in [2.75, 3.05) is 13.1 Å². The molecule has 86 valence electrons. The summed E-state index contributed by atoms with van der Waals surface area (Å²) in [5.41, 5.74) is 0. The Labute approximate surface area is 90.0 Å². The smallest absolute Gasteiger partial charge is 0.239 e. The Bertz CT molecular complexity index is 237. The molecule has 1 aliphatic carbocycles. The molecular formula is C10H19N3O2. The average molecular weight is 213 g/mol. The van der Waals surface area contributed by atoms with E-state index in [1.54, 1.807) is 0 Å². The molecule has 0 aromatic carbocycles. The van der Waals surface area contributed by atoms with Gasteiger partial charge in [-0.2, -0.15) is 0 Å². The molecule has 0 aromatic rings. The van der Waals surface area contributed by atoms with E-state index >= 15 is 0 Å². The molecule has 1 aliphatic rings. The summed E-state index contributed by atoms with van der Waals surface area (Å²) >= 11 is 0. The first kappa shape index (κ1) is 12.0. The van der Waals surface area contributed by atoms with Crippen LogP contribution in [-0.2, 0) is 9.59 Å². The standard InChI is InChI=1S/C10H19N3O2/c1-7(2)11-5-9(14)12-6-10(15)13-8-3-4-8/h7-8,11H,3-6H2,1-2H3,(H,12,14)(H,13,15). The van der Waals surface area contributed by atoms with Crippen molar-refractivity contribution in [3.05, 3.63) is 0 Å². The van der Waals surface area contributed by atoms with Crippen LogP contribution in [0.2, 0.25) is 0 Å². The molecule has 0 unspecified atom stereocenters. The number of hydrogen-bond donors (Lipinski definition) is 3. The Balaban J connectivity index is 2.02. The summed E-state index contributed by atoms with van der Waals surface area (Å²) in [6.07, 6.45) is 2.13. The molecule has 2 amide bonds. The van der Waals surface area contributed by atoms with Crippen LogP contribution in [0, 0.1) is 0 Å². The van der Waals surface area contributed by atoms with E-state index in [2.05, 4.69) is 16.0 Å². The average Bonchev–Trinajstić information content (AvgIpc) is 2.95. The number of carbonyl (C=O) groups is 2. The highest BCUT2D eigenvalue weighted by Gasteiger charge is 2.22. The van der Waals surface area contributed by atoms with Crippen LogP contribution in [0.15, 0.2) is 0 Å². The fraction of sp³-hybridized carbons (Fsp3) is 0.800. The van der Waals surface area contributed by atoms with E-state index in [9.17, 15) is 9.59 Å². The largest absolute Gasteiger partial charge is 0.352 e. The number of rotatable bonds is 6.